The Kier molecular flexibility index (Phi) is 12.4. The van der Waals surface area contributed by atoms with Crippen LogP contribution >= 0.6 is 0 Å². The molecule has 0 aromatic heterocycles. The van der Waals surface area contributed by atoms with Crippen LogP contribution in [0, 0.1) is 0 Å². The molecule has 1 fully saturated rings. The van der Waals surface area contributed by atoms with Gasteiger partial charge in [-0.3, -0.25) is 0 Å². The molecule has 1 aliphatic rings. The van der Waals surface area contributed by atoms with Gasteiger partial charge in [0, 0.05) is 12.2 Å². The van der Waals surface area contributed by atoms with Crippen molar-refractivity contribution in [3.8, 4) is 0 Å². The maximum absolute atomic E-state index is 12.7. The molecule has 0 aromatic rings. The van der Waals surface area contributed by atoms with E-state index in [1.807, 2.05) is 6.92 Å². The zero-order chi connectivity index (χ0) is 26.0. The summed E-state index contributed by atoms with van der Waals surface area (Å²) in [6.45, 7) is 19.9. The minimum absolute atomic E-state index is 0.184. The number of esters is 2. The van der Waals surface area contributed by atoms with Crippen molar-refractivity contribution in [2.75, 3.05) is 6.61 Å². The molecule has 9 heteroatoms. The fourth-order valence-electron chi connectivity index (χ4n) is 4.88. The van der Waals surface area contributed by atoms with Crippen LogP contribution in [0.4, 0.5) is 0 Å². The Morgan fingerprint density at radius 1 is 1.00 bits per heavy atom. The molecular weight excluding hydrogens is 481 g/mol. The van der Waals surface area contributed by atoms with Crippen LogP contribution in [0.2, 0.25) is 38.8 Å². The molecule has 0 N–H and O–H groups in total. The summed E-state index contributed by atoms with van der Waals surface area (Å²) in [7, 11) is -6.74. The van der Waals surface area contributed by atoms with E-state index in [9.17, 15) is 9.59 Å². The van der Waals surface area contributed by atoms with Gasteiger partial charge in [0.05, 0.1) is 12.2 Å². The number of rotatable bonds is 14. The van der Waals surface area contributed by atoms with E-state index in [1.54, 1.807) is 0 Å². The Morgan fingerprint density at radius 2 is 1.59 bits per heavy atom. The molecule has 0 spiro atoms. The number of unbranched alkanes of at least 4 members (excludes halogenated alkanes) is 5. The Hall–Kier alpha value is -0.749. The van der Waals surface area contributed by atoms with Gasteiger partial charge in [-0.25, -0.2) is 9.59 Å². The van der Waals surface area contributed by atoms with E-state index in [2.05, 4.69) is 53.5 Å². The van der Waals surface area contributed by atoms with Crippen molar-refractivity contribution in [1.29, 1.82) is 0 Å². The molecule has 1 saturated heterocycles. The average molecular weight is 531 g/mol. The molecule has 0 amide bonds. The average Bonchev–Trinajstić information content (AvgIpc) is 2.70. The highest BCUT2D eigenvalue weighted by molar-refractivity contribution is 7.38. The summed E-state index contributed by atoms with van der Waals surface area (Å²) in [5, 5.41) is 0. The summed E-state index contributed by atoms with van der Waals surface area (Å²) >= 11 is 0. The second-order valence-corrected chi connectivity index (χ2v) is 28.9. The van der Waals surface area contributed by atoms with Crippen LogP contribution in [-0.2, 0) is 27.6 Å². The second-order valence-electron chi connectivity index (χ2n) is 11.6. The molecule has 1 heterocycles. The summed E-state index contributed by atoms with van der Waals surface area (Å²) < 4.78 is 24.9. The van der Waals surface area contributed by atoms with Crippen molar-refractivity contribution in [3.05, 3.63) is 12.2 Å². The van der Waals surface area contributed by atoms with Crippen LogP contribution in [0.3, 0.4) is 0 Å². The van der Waals surface area contributed by atoms with Gasteiger partial charge < -0.3 is 18.0 Å². The SMILES string of the molecule is CCCCCCCCOC(=O)C=CC(=O)OC(CC)[Si]1(O[Si](C)(C)C)CCC(C)(C)O[Si]1(C)C. The van der Waals surface area contributed by atoms with Crippen LogP contribution < -0.4 is 0 Å². The Balaban J connectivity index is 2.79. The number of carbonyl (C=O) groups excluding carboxylic acids is 2. The molecule has 0 saturated carbocycles. The number of ether oxygens (including phenoxy) is 2. The summed E-state index contributed by atoms with van der Waals surface area (Å²) in [6, 6.07) is 0.930. The fourth-order valence-corrected chi connectivity index (χ4v) is 28.1. The fraction of sp³-hybridized carbons (Fsp3) is 0.840. The molecule has 0 radical (unpaired) electrons. The largest absolute Gasteiger partial charge is 0.463 e. The number of hydrogen-bond donors (Lipinski definition) is 0. The quantitative estimate of drug-likeness (QED) is 0.109. The lowest BCUT2D eigenvalue weighted by Gasteiger charge is -2.55. The summed E-state index contributed by atoms with van der Waals surface area (Å²) in [4.78, 5) is 24.7. The minimum atomic E-state index is -2.54. The first-order valence-electron chi connectivity index (χ1n) is 13.1. The topological polar surface area (TPSA) is 71.1 Å². The predicted octanol–water partition coefficient (Wildman–Crippen LogP) is 6.59. The van der Waals surface area contributed by atoms with Crippen molar-refractivity contribution in [3.63, 3.8) is 0 Å². The molecular formula is C25H50O6Si3. The Labute approximate surface area is 211 Å². The zero-order valence-electron chi connectivity index (χ0n) is 23.3. The minimum Gasteiger partial charge on any atom is -0.463 e. The number of hydrogen-bond acceptors (Lipinski definition) is 6. The molecule has 0 aliphatic carbocycles. The smallest absolute Gasteiger partial charge is 0.331 e. The van der Waals surface area contributed by atoms with Gasteiger partial charge in [-0.15, -0.1) is 0 Å². The third kappa shape index (κ3) is 10.1. The molecule has 2 unspecified atom stereocenters. The van der Waals surface area contributed by atoms with Crippen molar-refractivity contribution in [2.24, 2.45) is 0 Å². The Bertz CT molecular complexity index is 687. The summed E-state index contributed by atoms with van der Waals surface area (Å²) in [5.41, 5.74) is -0.481. The summed E-state index contributed by atoms with van der Waals surface area (Å²) in [6.07, 6.45) is 10.7. The van der Waals surface area contributed by atoms with Gasteiger partial charge >= 0.3 is 11.9 Å². The molecule has 1 aliphatic heterocycles. The first-order valence-corrected chi connectivity index (χ1v) is 22.6. The van der Waals surface area contributed by atoms with Gasteiger partial charge in [0.2, 0.25) is 15.7 Å². The van der Waals surface area contributed by atoms with E-state index in [0.717, 1.165) is 31.7 Å². The maximum atomic E-state index is 12.7. The lowest BCUT2D eigenvalue weighted by Crippen LogP contribution is -2.76. The predicted molar refractivity (Wildman–Crippen MR) is 146 cm³/mol. The van der Waals surface area contributed by atoms with E-state index in [1.165, 1.54) is 31.4 Å². The molecule has 34 heavy (non-hydrogen) atoms. The lowest BCUT2D eigenvalue weighted by atomic mass is 10.1. The molecule has 0 bridgehead atoms. The van der Waals surface area contributed by atoms with Gasteiger partial charge in [0.15, 0.2) is 8.32 Å². The van der Waals surface area contributed by atoms with Crippen LogP contribution in [0.25, 0.3) is 0 Å². The molecule has 1 rings (SSSR count). The van der Waals surface area contributed by atoms with Crippen molar-refractivity contribution in [1.82, 2.24) is 0 Å². The highest BCUT2D eigenvalue weighted by Crippen LogP contribution is 2.44. The van der Waals surface area contributed by atoms with E-state index in [4.69, 9.17) is 18.0 Å². The highest BCUT2D eigenvalue weighted by Gasteiger charge is 2.64. The monoisotopic (exact) mass is 530 g/mol. The highest BCUT2D eigenvalue weighted by atomic mass is 29.3. The van der Waals surface area contributed by atoms with Crippen molar-refractivity contribution >= 4 is 35.9 Å². The summed E-state index contributed by atoms with van der Waals surface area (Å²) in [5.74, 6) is -1.01. The number of carbonyl (C=O) groups is 2. The first kappa shape index (κ1) is 31.3. The van der Waals surface area contributed by atoms with Crippen LogP contribution in [-0.4, -0.2) is 53.9 Å². The molecule has 6 nitrogen and oxygen atoms in total. The second kappa shape index (κ2) is 13.5. The van der Waals surface area contributed by atoms with Gasteiger partial charge in [0.25, 0.3) is 0 Å². The molecule has 2 atom stereocenters. The van der Waals surface area contributed by atoms with Gasteiger partial charge in [-0.1, -0.05) is 46.0 Å². The van der Waals surface area contributed by atoms with Crippen LogP contribution in [0.1, 0.15) is 79.1 Å². The Morgan fingerprint density at radius 3 is 2.15 bits per heavy atom. The van der Waals surface area contributed by atoms with Crippen molar-refractivity contribution < 1.29 is 27.6 Å². The van der Waals surface area contributed by atoms with E-state index in [-0.39, 0.29) is 11.3 Å². The van der Waals surface area contributed by atoms with Gasteiger partial charge in [0.1, 0.15) is 5.73 Å². The zero-order valence-corrected chi connectivity index (χ0v) is 26.3. The van der Waals surface area contributed by atoms with E-state index >= 15 is 0 Å². The van der Waals surface area contributed by atoms with E-state index in [0.29, 0.717) is 13.0 Å². The molecule has 0 aromatic carbocycles. The van der Waals surface area contributed by atoms with Crippen LogP contribution in [0.15, 0.2) is 12.2 Å². The van der Waals surface area contributed by atoms with E-state index < -0.39 is 35.9 Å². The van der Waals surface area contributed by atoms with Gasteiger partial charge in [-0.05, 0) is 71.9 Å². The first-order chi connectivity index (χ1) is 15.7. The molecule has 198 valence electrons. The standard InChI is InChI=1S/C25H50O6Si3/c1-10-12-13-14-15-16-20-28-22(26)17-18-23(27)29-24(11-2)34(31-32(5,6)7)21-19-25(3,4)30-33(34,8)9/h17-18,24H,10-16,19-21H2,1-9H3. The van der Waals surface area contributed by atoms with Crippen molar-refractivity contribution in [2.45, 2.75) is 129 Å². The normalized spacial score (nSPS) is 23.0. The lowest BCUT2D eigenvalue weighted by molar-refractivity contribution is -0.142. The van der Waals surface area contributed by atoms with Crippen LogP contribution in [0.5, 0.6) is 0 Å². The third-order valence-corrected chi connectivity index (χ3v) is 25.0. The third-order valence-electron chi connectivity index (χ3n) is 6.38. The van der Waals surface area contributed by atoms with Gasteiger partial charge in [-0.2, -0.15) is 0 Å². The maximum Gasteiger partial charge on any atom is 0.331 e.